The predicted molar refractivity (Wildman–Crippen MR) is 74.8 cm³/mol. The fourth-order valence-electron chi connectivity index (χ4n) is 1.60. The summed E-state index contributed by atoms with van der Waals surface area (Å²) in [7, 11) is -3.50. The van der Waals surface area contributed by atoms with Crippen molar-refractivity contribution < 1.29 is 17.9 Å². The first-order valence-corrected chi connectivity index (χ1v) is 7.61. The van der Waals surface area contributed by atoms with Gasteiger partial charge in [0.2, 0.25) is 10.0 Å². The summed E-state index contributed by atoms with van der Waals surface area (Å²) in [5.41, 5.74) is 0.514. The molecule has 104 valence electrons. The second kappa shape index (κ2) is 6.38. The van der Waals surface area contributed by atoms with Gasteiger partial charge in [-0.2, -0.15) is 0 Å². The molecule has 0 heterocycles. The topological polar surface area (TPSA) is 63.7 Å². The first kappa shape index (κ1) is 15.2. The van der Waals surface area contributed by atoms with E-state index in [9.17, 15) is 13.2 Å². The highest BCUT2D eigenvalue weighted by Gasteiger charge is 2.22. The minimum absolute atomic E-state index is 0.0925. The van der Waals surface area contributed by atoms with E-state index in [0.717, 1.165) is 10.6 Å². The molecular formula is C13H17NO4S. The molecule has 0 aliphatic heterocycles. The molecule has 0 spiro atoms. The van der Waals surface area contributed by atoms with Crippen LogP contribution in [0.1, 0.15) is 17.3 Å². The highest BCUT2D eigenvalue weighted by atomic mass is 32.2. The summed E-state index contributed by atoms with van der Waals surface area (Å²) >= 11 is 0. The summed E-state index contributed by atoms with van der Waals surface area (Å²) in [4.78, 5) is 11.8. The molecule has 0 aliphatic rings. The zero-order valence-electron chi connectivity index (χ0n) is 11.0. The fourth-order valence-corrected chi connectivity index (χ4v) is 2.49. The van der Waals surface area contributed by atoms with E-state index in [4.69, 9.17) is 4.74 Å². The number of hydrogen-bond acceptors (Lipinski definition) is 4. The van der Waals surface area contributed by atoms with Crippen LogP contribution in [0.5, 0.6) is 0 Å². The van der Waals surface area contributed by atoms with Crippen molar-refractivity contribution in [1.29, 1.82) is 0 Å². The molecular weight excluding hydrogens is 266 g/mol. The molecule has 19 heavy (non-hydrogen) atoms. The second-order valence-corrected chi connectivity index (χ2v) is 5.73. The first-order valence-electron chi connectivity index (χ1n) is 5.76. The molecule has 1 aromatic rings. The number of sulfonamides is 1. The summed E-state index contributed by atoms with van der Waals surface area (Å²) in [6.45, 7) is 5.54. The fraction of sp³-hybridized carbons (Fsp3) is 0.308. The second-order valence-electron chi connectivity index (χ2n) is 3.82. The highest BCUT2D eigenvalue weighted by molar-refractivity contribution is 7.92. The Morgan fingerprint density at radius 3 is 2.58 bits per heavy atom. The van der Waals surface area contributed by atoms with Gasteiger partial charge >= 0.3 is 5.97 Å². The van der Waals surface area contributed by atoms with Crippen LogP contribution >= 0.6 is 0 Å². The molecule has 0 aromatic heterocycles. The van der Waals surface area contributed by atoms with Crippen molar-refractivity contribution in [3.63, 3.8) is 0 Å². The van der Waals surface area contributed by atoms with E-state index < -0.39 is 16.0 Å². The van der Waals surface area contributed by atoms with Crippen LogP contribution < -0.4 is 4.31 Å². The predicted octanol–water partition coefficient (Wildman–Crippen LogP) is 1.82. The van der Waals surface area contributed by atoms with Crippen molar-refractivity contribution in [3.8, 4) is 0 Å². The van der Waals surface area contributed by atoms with Crippen LogP contribution in [0.4, 0.5) is 5.69 Å². The molecule has 0 aliphatic carbocycles. The van der Waals surface area contributed by atoms with E-state index in [1.807, 2.05) is 0 Å². The third-order valence-corrected chi connectivity index (χ3v) is 3.51. The van der Waals surface area contributed by atoms with Gasteiger partial charge in [0.1, 0.15) is 0 Å². The standard InChI is InChI=1S/C13H17NO4S/c1-4-10-14(19(3,16)17)12-9-7-6-8-11(12)13(15)18-5-2/h4,6-9H,1,5,10H2,2-3H3. The molecule has 0 atom stereocenters. The Hall–Kier alpha value is -1.82. The van der Waals surface area contributed by atoms with Gasteiger partial charge in [-0.05, 0) is 19.1 Å². The zero-order chi connectivity index (χ0) is 14.5. The molecule has 0 unspecified atom stereocenters. The number of carbonyl (C=O) groups excluding carboxylic acids is 1. The van der Waals surface area contributed by atoms with Gasteiger partial charge in [0.15, 0.2) is 0 Å². The highest BCUT2D eigenvalue weighted by Crippen LogP contribution is 2.23. The molecule has 0 N–H and O–H groups in total. The number of benzene rings is 1. The molecule has 5 nitrogen and oxygen atoms in total. The Balaban J connectivity index is 3.31. The Bertz CT molecular complexity index is 566. The number of nitrogens with zero attached hydrogens (tertiary/aromatic N) is 1. The number of carbonyl (C=O) groups is 1. The van der Waals surface area contributed by atoms with Gasteiger partial charge < -0.3 is 4.74 Å². The Morgan fingerprint density at radius 1 is 1.42 bits per heavy atom. The Labute approximate surface area is 113 Å². The maximum atomic E-state index is 11.8. The minimum Gasteiger partial charge on any atom is -0.462 e. The van der Waals surface area contributed by atoms with Crippen molar-refractivity contribution in [3.05, 3.63) is 42.5 Å². The van der Waals surface area contributed by atoms with Gasteiger partial charge in [-0.25, -0.2) is 13.2 Å². The molecule has 0 fully saturated rings. The smallest absolute Gasteiger partial charge is 0.340 e. The van der Waals surface area contributed by atoms with Crippen molar-refractivity contribution in [2.24, 2.45) is 0 Å². The van der Waals surface area contributed by atoms with E-state index in [1.165, 1.54) is 12.1 Å². The third-order valence-electron chi connectivity index (χ3n) is 2.36. The molecule has 1 rings (SSSR count). The van der Waals surface area contributed by atoms with Crippen molar-refractivity contribution in [2.75, 3.05) is 23.7 Å². The van der Waals surface area contributed by atoms with Crippen LogP contribution in [0.15, 0.2) is 36.9 Å². The van der Waals surface area contributed by atoms with E-state index >= 15 is 0 Å². The Morgan fingerprint density at radius 2 is 2.05 bits per heavy atom. The number of hydrogen-bond donors (Lipinski definition) is 0. The van der Waals surface area contributed by atoms with Gasteiger partial charge in [-0.1, -0.05) is 18.2 Å². The molecule has 6 heteroatoms. The minimum atomic E-state index is -3.50. The number of rotatable bonds is 6. The molecule has 0 bridgehead atoms. The number of esters is 1. The van der Waals surface area contributed by atoms with Gasteiger partial charge in [0, 0.05) is 0 Å². The maximum absolute atomic E-state index is 11.8. The summed E-state index contributed by atoms with van der Waals surface area (Å²) in [5.74, 6) is -0.546. The lowest BCUT2D eigenvalue weighted by atomic mass is 10.2. The van der Waals surface area contributed by atoms with Crippen molar-refractivity contribution in [1.82, 2.24) is 0 Å². The van der Waals surface area contributed by atoms with Crippen LogP contribution in [-0.2, 0) is 14.8 Å². The van der Waals surface area contributed by atoms with Gasteiger partial charge in [-0.15, -0.1) is 6.58 Å². The lowest BCUT2D eigenvalue weighted by molar-refractivity contribution is 0.0527. The monoisotopic (exact) mass is 283 g/mol. The summed E-state index contributed by atoms with van der Waals surface area (Å²) < 4.78 is 29.6. The molecule has 0 saturated carbocycles. The summed E-state index contributed by atoms with van der Waals surface area (Å²) in [5, 5.41) is 0. The van der Waals surface area contributed by atoms with Crippen LogP contribution in [0.25, 0.3) is 0 Å². The molecule has 0 saturated heterocycles. The van der Waals surface area contributed by atoms with Crippen LogP contribution in [-0.4, -0.2) is 33.8 Å². The largest absolute Gasteiger partial charge is 0.462 e. The number of para-hydroxylation sites is 1. The maximum Gasteiger partial charge on any atom is 0.340 e. The normalized spacial score (nSPS) is 10.8. The third kappa shape index (κ3) is 3.82. The van der Waals surface area contributed by atoms with Crippen LogP contribution in [0.2, 0.25) is 0 Å². The van der Waals surface area contributed by atoms with Crippen molar-refractivity contribution >= 4 is 21.7 Å². The number of ether oxygens (including phenoxy) is 1. The van der Waals surface area contributed by atoms with Gasteiger partial charge in [0.05, 0.1) is 30.7 Å². The van der Waals surface area contributed by atoms with E-state index in [2.05, 4.69) is 6.58 Å². The van der Waals surface area contributed by atoms with Gasteiger partial charge in [-0.3, -0.25) is 4.31 Å². The average Bonchev–Trinajstić information content (AvgIpc) is 2.35. The summed E-state index contributed by atoms with van der Waals surface area (Å²) in [6, 6.07) is 6.43. The Kier molecular flexibility index (Phi) is 5.11. The SMILES string of the molecule is C=CCN(c1ccccc1C(=O)OCC)S(C)(=O)=O. The zero-order valence-corrected chi connectivity index (χ0v) is 11.8. The molecule has 0 amide bonds. The van der Waals surface area contributed by atoms with E-state index in [-0.39, 0.29) is 18.7 Å². The van der Waals surface area contributed by atoms with Crippen molar-refractivity contribution in [2.45, 2.75) is 6.92 Å². The van der Waals surface area contributed by atoms with Crippen LogP contribution in [0.3, 0.4) is 0 Å². The molecule has 0 radical (unpaired) electrons. The lowest BCUT2D eigenvalue weighted by Gasteiger charge is -2.22. The molecule has 1 aromatic carbocycles. The first-order chi connectivity index (χ1) is 8.91. The van der Waals surface area contributed by atoms with E-state index in [0.29, 0.717) is 5.69 Å². The lowest BCUT2D eigenvalue weighted by Crippen LogP contribution is -2.31. The van der Waals surface area contributed by atoms with Gasteiger partial charge in [0.25, 0.3) is 0 Å². The quantitative estimate of drug-likeness (QED) is 0.590. The van der Waals surface area contributed by atoms with Crippen LogP contribution in [0, 0.1) is 0 Å². The summed E-state index contributed by atoms with van der Waals surface area (Å²) in [6.07, 6.45) is 2.54. The van der Waals surface area contributed by atoms with E-state index in [1.54, 1.807) is 25.1 Å². The number of anilines is 1. The average molecular weight is 283 g/mol.